The molecular weight excluding hydrogens is 244 g/mol. The Kier molecular flexibility index (Phi) is 6.43. The zero-order valence-electron chi connectivity index (χ0n) is 12.4. The van der Waals surface area contributed by atoms with E-state index in [2.05, 4.69) is 26.1 Å². The molecule has 1 unspecified atom stereocenters. The minimum absolute atomic E-state index is 0.351. The van der Waals surface area contributed by atoms with Crippen molar-refractivity contribution in [2.75, 3.05) is 6.54 Å². The molecule has 0 aliphatic heterocycles. The molecule has 1 atom stereocenters. The van der Waals surface area contributed by atoms with E-state index in [0.29, 0.717) is 29.5 Å². The Hall–Kier alpha value is -0.960. The van der Waals surface area contributed by atoms with Crippen molar-refractivity contribution < 1.29 is 8.78 Å². The first-order valence-electron chi connectivity index (χ1n) is 7.14. The van der Waals surface area contributed by atoms with Crippen molar-refractivity contribution in [3.05, 3.63) is 34.9 Å². The Bertz CT molecular complexity index is 402. The normalized spacial score (nSPS) is 13.0. The first kappa shape index (κ1) is 16.1. The number of hydrogen-bond acceptors (Lipinski definition) is 1. The second-order valence-corrected chi connectivity index (χ2v) is 5.51. The highest BCUT2D eigenvalue weighted by Crippen LogP contribution is 2.19. The molecular formula is C16H25F2N. The molecule has 1 nitrogen and oxygen atoms in total. The molecule has 0 aliphatic carbocycles. The highest BCUT2D eigenvalue weighted by atomic mass is 19.2. The lowest BCUT2D eigenvalue weighted by Gasteiger charge is -2.22. The van der Waals surface area contributed by atoms with Crippen LogP contribution in [0.5, 0.6) is 0 Å². The summed E-state index contributed by atoms with van der Waals surface area (Å²) in [5.74, 6) is -0.900. The lowest BCUT2D eigenvalue weighted by atomic mass is 9.96. The Morgan fingerprint density at radius 1 is 1.16 bits per heavy atom. The summed E-state index contributed by atoms with van der Waals surface area (Å²) in [5.41, 5.74) is 0.845. The summed E-state index contributed by atoms with van der Waals surface area (Å²) in [4.78, 5) is 0. The standard InChI is InChI=1S/C16H25F2N/c1-5-10-19-14(11(2)3)9-8-13-7-6-12(4)15(17)16(13)18/h6-7,11,14,19H,5,8-10H2,1-4H3. The number of halogens is 2. The quantitative estimate of drug-likeness (QED) is 0.781. The van der Waals surface area contributed by atoms with Crippen molar-refractivity contribution in [1.29, 1.82) is 0 Å². The molecule has 0 bridgehead atoms. The first-order valence-corrected chi connectivity index (χ1v) is 7.14. The summed E-state index contributed by atoms with van der Waals surface area (Å²) >= 11 is 0. The summed E-state index contributed by atoms with van der Waals surface area (Å²) in [6.45, 7) is 8.98. The summed E-state index contributed by atoms with van der Waals surface area (Å²) < 4.78 is 27.3. The third-order valence-electron chi connectivity index (χ3n) is 3.54. The van der Waals surface area contributed by atoms with Gasteiger partial charge >= 0.3 is 0 Å². The van der Waals surface area contributed by atoms with Crippen molar-refractivity contribution >= 4 is 0 Å². The van der Waals surface area contributed by atoms with Gasteiger partial charge in [-0.15, -0.1) is 0 Å². The maximum absolute atomic E-state index is 13.8. The Balaban J connectivity index is 2.66. The maximum atomic E-state index is 13.8. The van der Waals surface area contributed by atoms with Gasteiger partial charge in [-0.05, 0) is 49.8 Å². The van der Waals surface area contributed by atoms with Gasteiger partial charge in [0.05, 0.1) is 0 Å². The molecule has 0 aliphatic rings. The van der Waals surface area contributed by atoms with Crippen molar-refractivity contribution in [3.8, 4) is 0 Å². The van der Waals surface area contributed by atoms with Crippen LogP contribution in [0, 0.1) is 24.5 Å². The lowest BCUT2D eigenvalue weighted by Crippen LogP contribution is -2.34. The van der Waals surface area contributed by atoms with Gasteiger partial charge in [-0.3, -0.25) is 0 Å². The van der Waals surface area contributed by atoms with E-state index in [1.807, 2.05) is 0 Å². The average Bonchev–Trinajstić information content (AvgIpc) is 2.38. The molecule has 0 saturated carbocycles. The van der Waals surface area contributed by atoms with Gasteiger partial charge in [0.15, 0.2) is 11.6 Å². The fourth-order valence-corrected chi connectivity index (χ4v) is 2.19. The van der Waals surface area contributed by atoms with Crippen LogP contribution in [0.2, 0.25) is 0 Å². The van der Waals surface area contributed by atoms with E-state index in [1.54, 1.807) is 19.1 Å². The number of aryl methyl sites for hydroxylation is 2. The van der Waals surface area contributed by atoms with Crippen LogP contribution in [0.25, 0.3) is 0 Å². The van der Waals surface area contributed by atoms with E-state index >= 15 is 0 Å². The van der Waals surface area contributed by atoms with E-state index in [9.17, 15) is 8.78 Å². The molecule has 1 aromatic carbocycles. The minimum atomic E-state index is -0.708. The van der Waals surface area contributed by atoms with Gasteiger partial charge in [-0.2, -0.15) is 0 Å². The summed E-state index contributed by atoms with van der Waals surface area (Å²) in [5, 5.41) is 3.47. The molecule has 0 aromatic heterocycles. The van der Waals surface area contributed by atoms with Crippen molar-refractivity contribution in [1.82, 2.24) is 5.32 Å². The van der Waals surface area contributed by atoms with Crippen LogP contribution in [0.4, 0.5) is 8.78 Å². The molecule has 0 heterocycles. The summed E-state index contributed by atoms with van der Waals surface area (Å²) in [7, 11) is 0. The predicted octanol–water partition coefficient (Wildman–Crippen LogP) is 4.23. The minimum Gasteiger partial charge on any atom is -0.314 e. The van der Waals surface area contributed by atoms with Crippen molar-refractivity contribution in [2.24, 2.45) is 5.92 Å². The van der Waals surface area contributed by atoms with Gasteiger partial charge in [-0.25, -0.2) is 8.78 Å². The molecule has 3 heteroatoms. The van der Waals surface area contributed by atoms with E-state index in [-0.39, 0.29) is 0 Å². The van der Waals surface area contributed by atoms with Crippen molar-refractivity contribution in [3.63, 3.8) is 0 Å². The van der Waals surface area contributed by atoms with E-state index in [0.717, 1.165) is 19.4 Å². The van der Waals surface area contributed by atoms with Crippen LogP contribution >= 0.6 is 0 Å². The molecule has 1 rings (SSSR count). The molecule has 0 fully saturated rings. The van der Waals surface area contributed by atoms with Gasteiger partial charge < -0.3 is 5.32 Å². The molecule has 0 saturated heterocycles. The van der Waals surface area contributed by atoms with Gasteiger partial charge in [-0.1, -0.05) is 32.9 Å². The summed E-state index contributed by atoms with van der Waals surface area (Å²) in [6, 6.07) is 3.70. The van der Waals surface area contributed by atoms with Crippen LogP contribution in [-0.4, -0.2) is 12.6 Å². The third kappa shape index (κ3) is 4.57. The van der Waals surface area contributed by atoms with Crippen molar-refractivity contribution in [2.45, 2.75) is 53.0 Å². The molecule has 19 heavy (non-hydrogen) atoms. The largest absolute Gasteiger partial charge is 0.314 e. The van der Waals surface area contributed by atoms with Gasteiger partial charge in [0.2, 0.25) is 0 Å². The van der Waals surface area contributed by atoms with E-state index < -0.39 is 11.6 Å². The van der Waals surface area contributed by atoms with Gasteiger partial charge in [0, 0.05) is 6.04 Å². The second-order valence-electron chi connectivity index (χ2n) is 5.51. The molecule has 108 valence electrons. The predicted molar refractivity (Wildman–Crippen MR) is 76.3 cm³/mol. The zero-order valence-corrected chi connectivity index (χ0v) is 12.4. The monoisotopic (exact) mass is 269 g/mol. The Morgan fingerprint density at radius 2 is 1.84 bits per heavy atom. The SMILES string of the molecule is CCCNC(CCc1ccc(C)c(F)c1F)C(C)C. The van der Waals surface area contributed by atoms with Crippen LogP contribution in [0.3, 0.4) is 0 Å². The number of rotatable bonds is 7. The number of nitrogens with one attached hydrogen (secondary N) is 1. The van der Waals surface area contributed by atoms with E-state index in [1.165, 1.54) is 0 Å². The fourth-order valence-electron chi connectivity index (χ4n) is 2.19. The maximum Gasteiger partial charge on any atom is 0.162 e. The lowest BCUT2D eigenvalue weighted by molar-refractivity contribution is 0.375. The topological polar surface area (TPSA) is 12.0 Å². The fraction of sp³-hybridized carbons (Fsp3) is 0.625. The third-order valence-corrected chi connectivity index (χ3v) is 3.54. The van der Waals surface area contributed by atoms with Gasteiger partial charge in [0.1, 0.15) is 0 Å². The Labute approximate surface area is 115 Å². The second kappa shape index (κ2) is 7.59. The molecule has 0 spiro atoms. The Morgan fingerprint density at radius 3 is 2.42 bits per heavy atom. The molecule has 1 N–H and O–H groups in total. The first-order chi connectivity index (χ1) is 8.97. The van der Waals surface area contributed by atoms with Crippen LogP contribution in [0.15, 0.2) is 12.1 Å². The summed E-state index contributed by atoms with van der Waals surface area (Å²) in [6.07, 6.45) is 2.48. The average molecular weight is 269 g/mol. The molecule has 1 aromatic rings. The van der Waals surface area contributed by atoms with Gasteiger partial charge in [0.25, 0.3) is 0 Å². The molecule has 0 amide bonds. The molecule has 0 radical (unpaired) electrons. The highest BCUT2D eigenvalue weighted by Gasteiger charge is 2.15. The van der Waals surface area contributed by atoms with E-state index in [4.69, 9.17) is 0 Å². The van der Waals surface area contributed by atoms with Crippen LogP contribution < -0.4 is 5.32 Å². The zero-order chi connectivity index (χ0) is 14.4. The van der Waals surface area contributed by atoms with Crippen LogP contribution in [-0.2, 0) is 6.42 Å². The van der Waals surface area contributed by atoms with Crippen LogP contribution in [0.1, 0.15) is 44.7 Å². The smallest absolute Gasteiger partial charge is 0.162 e. The number of hydrogen-bond donors (Lipinski definition) is 1. The number of benzene rings is 1. The highest BCUT2D eigenvalue weighted by molar-refractivity contribution is 5.25.